The van der Waals surface area contributed by atoms with Gasteiger partial charge in [-0.3, -0.25) is 4.79 Å². The number of rotatable bonds is 6. The van der Waals surface area contributed by atoms with Gasteiger partial charge in [0, 0.05) is 23.6 Å². The maximum absolute atomic E-state index is 12.3. The molecule has 0 saturated carbocycles. The average Bonchev–Trinajstić information content (AvgIpc) is 2.77. The van der Waals surface area contributed by atoms with Crippen LogP contribution in [0.3, 0.4) is 0 Å². The van der Waals surface area contributed by atoms with E-state index >= 15 is 0 Å². The first kappa shape index (κ1) is 18.7. The molecule has 0 fully saturated rings. The molecule has 144 valence electrons. The second-order valence-electron chi connectivity index (χ2n) is 6.94. The number of hydrogen-bond donors (Lipinski definition) is 1. The molecule has 0 radical (unpaired) electrons. The number of benzene rings is 3. The largest absolute Gasteiger partial charge is 0.483 e. The lowest BCUT2D eigenvalue weighted by Crippen LogP contribution is -2.28. The van der Waals surface area contributed by atoms with E-state index < -0.39 is 0 Å². The minimum atomic E-state index is -0.160. The molecule has 0 bridgehead atoms. The van der Waals surface area contributed by atoms with Crippen LogP contribution < -0.4 is 10.1 Å². The van der Waals surface area contributed by atoms with Crippen LogP contribution in [0, 0.1) is 6.92 Å². The highest BCUT2D eigenvalue weighted by Gasteiger charge is 2.10. The van der Waals surface area contributed by atoms with E-state index in [1.54, 1.807) is 0 Å². The topological polar surface area (TPSA) is 51.2 Å². The number of carbonyl (C=O) groups excluding carboxylic acids is 1. The van der Waals surface area contributed by atoms with Crippen LogP contribution in [0.4, 0.5) is 0 Å². The standard InChI is InChI=1S/C25H22N2O2/c1-18-11-13-19(14-12-18)16-26-25(28)17-29-24-15-23(20-7-3-2-4-8-20)27-22-10-6-5-9-21(22)24/h2-15H,16-17H2,1H3,(H,26,28). The molecule has 29 heavy (non-hydrogen) atoms. The van der Waals surface area contributed by atoms with Crippen molar-refractivity contribution in [3.8, 4) is 17.0 Å². The molecular formula is C25H22N2O2. The minimum absolute atomic E-state index is 0.0475. The fourth-order valence-corrected chi connectivity index (χ4v) is 3.12. The number of ether oxygens (including phenoxy) is 1. The second-order valence-corrected chi connectivity index (χ2v) is 6.94. The number of para-hydroxylation sites is 1. The van der Waals surface area contributed by atoms with Gasteiger partial charge in [-0.05, 0) is 24.6 Å². The van der Waals surface area contributed by atoms with Crippen molar-refractivity contribution >= 4 is 16.8 Å². The Morgan fingerprint density at radius 1 is 0.931 bits per heavy atom. The molecule has 0 spiro atoms. The summed E-state index contributed by atoms with van der Waals surface area (Å²) in [6.45, 7) is 2.47. The van der Waals surface area contributed by atoms with E-state index in [0.29, 0.717) is 12.3 Å². The van der Waals surface area contributed by atoms with Gasteiger partial charge in [-0.2, -0.15) is 0 Å². The Morgan fingerprint density at radius 2 is 1.66 bits per heavy atom. The molecule has 0 atom stereocenters. The molecule has 4 heteroatoms. The molecule has 3 aromatic carbocycles. The lowest BCUT2D eigenvalue weighted by molar-refractivity contribution is -0.123. The molecule has 1 heterocycles. The third-order valence-corrected chi connectivity index (χ3v) is 4.72. The monoisotopic (exact) mass is 382 g/mol. The van der Waals surface area contributed by atoms with E-state index in [1.165, 1.54) is 5.56 Å². The minimum Gasteiger partial charge on any atom is -0.483 e. The summed E-state index contributed by atoms with van der Waals surface area (Å²) in [7, 11) is 0. The molecule has 1 N–H and O–H groups in total. The highest BCUT2D eigenvalue weighted by Crippen LogP contribution is 2.29. The summed E-state index contributed by atoms with van der Waals surface area (Å²) in [6, 6.07) is 27.7. The van der Waals surface area contributed by atoms with Crippen LogP contribution in [0.2, 0.25) is 0 Å². The smallest absolute Gasteiger partial charge is 0.258 e. The quantitative estimate of drug-likeness (QED) is 0.516. The number of nitrogens with zero attached hydrogens (tertiary/aromatic N) is 1. The molecule has 0 aliphatic heterocycles. The van der Waals surface area contributed by atoms with E-state index in [-0.39, 0.29) is 12.5 Å². The summed E-state index contributed by atoms with van der Waals surface area (Å²) in [5.74, 6) is 0.493. The third-order valence-electron chi connectivity index (χ3n) is 4.72. The highest BCUT2D eigenvalue weighted by atomic mass is 16.5. The van der Waals surface area contributed by atoms with E-state index in [0.717, 1.165) is 27.7 Å². The van der Waals surface area contributed by atoms with Crippen molar-refractivity contribution in [3.05, 3.63) is 96.1 Å². The molecule has 4 aromatic rings. The molecule has 1 aromatic heterocycles. The number of pyridine rings is 1. The number of fused-ring (bicyclic) bond motifs is 1. The van der Waals surface area contributed by atoms with Crippen molar-refractivity contribution < 1.29 is 9.53 Å². The predicted molar refractivity (Wildman–Crippen MR) is 116 cm³/mol. The van der Waals surface area contributed by atoms with Gasteiger partial charge in [0.15, 0.2) is 6.61 Å². The number of nitrogens with one attached hydrogen (secondary N) is 1. The van der Waals surface area contributed by atoms with Crippen molar-refractivity contribution in [2.24, 2.45) is 0 Å². The molecule has 0 aliphatic rings. The zero-order chi connectivity index (χ0) is 20.1. The highest BCUT2D eigenvalue weighted by molar-refractivity contribution is 5.88. The van der Waals surface area contributed by atoms with Crippen LogP contribution in [0.25, 0.3) is 22.2 Å². The molecule has 0 unspecified atom stereocenters. The van der Waals surface area contributed by atoms with Crippen LogP contribution in [0.15, 0.2) is 84.9 Å². The number of amides is 1. The maximum Gasteiger partial charge on any atom is 0.258 e. The van der Waals surface area contributed by atoms with Crippen molar-refractivity contribution in [2.45, 2.75) is 13.5 Å². The number of hydrogen-bond acceptors (Lipinski definition) is 3. The Morgan fingerprint density at radius 3 is 2.45 bits per heavy atom. The zero-order valence-electron chi connectivity index (χ0n) is 16.3. The van der Waals surface area contributed by atoms with E-state index in [4.69, 9.17) is 9.72 Å². The van der Waals surface area contributed by atoms with Gasteiger partial charge in [-0.1, -0.05) is 72.3 Å². The Hall–Kier alpha value is -3.66. The first-order valence-corrected chi connectivity index (χ1v) is 9.59. The predicted octanol–water partition coefficient (Wildman–Crippen LogP) is 4.91. The van der Waals surface area contributed by atoms with Gasteiger partial charge in [0.2, 0.25) is 0 Å². The first-order chi connectivity index (χ1) is 14.2. The molecule has 0 aliphatic carbocycles. The summed E-state index contributed by atoms with van der Waals surface area (Å²) in [6.07, 6.45) is 0. The summed E-state index contributed by atoms with van der Waals surface area (Å²) in [4.78, 5) is 17.0. The van der Waals surface area contributed by atoms with Crippen molar-refractivity contribution in [1.82, 2.24) is 10.3 Å². The summed E-state index contributed by atoms with van der Waals surface area (Å²) in [5.41, 5.74) is 4.92. The lowest BCUT2D eigenvalue weighted by atomic mass is 10.1. The second kappa shape index (κ2) is 8.57. The van der Waals surface area contributed by atoms with E-state index in [9.17, 15) is 4.79 Å². The third kappa shape index (κ3) is 4.61. The SMILES string of the molecule is Cc1ccc(CNC(=O)COc2cc(-c3ccccc3)nc3ccccc23)cc1. The summed E-state index contributed by atoms with van der Waals surface area (Å²) in [5, 5.41) is 3.79. The number of carbonyl (C=O) groups is 1. The van der Waals surface area contributed by atoms with Gasteiger partial charge in [0.1, 0.15) is 5.75 Å². The normalized spacial score (nSPS) is 10.7. The van der Waals surface area contributed by atoms with Crippen LogP contribution in [-0.4, -0.2) is 17.5 Å². The van der Waals surface area contributed by atoms with Gasteiger partial charge < -0.3 is 10.1 Å². The Kier molecular flexibility index (Phi) is 5.52. The first-order valence-electron chi connectivity index (χ1n) is 9.59. The van der Waals surface area contributed by atoms with E-state index in [2.05, 4.69) is 5.32 Å². The fraction of sp³-hybridized carbons (Fsp3) is 0.120. The average molecular weight is 382 g/mol. The lowest BCUT2D eigenvalue weighted by Gasteiger charge is -2.12. The van der Waals surface area contributed by atoms with Crippen molar-refractivity contribution in [2.75, 3.05) is 6.61 Å². The van der Waals surface area contributed by atoms with Crippen LogP contribution in [0.5, 0.6) is 5.75 Å². The van der Waals surface area contributed by atoms with Gasteiger partial charge in [0.25, 0.3) is 5.91 Å². The van der Waals surface area contributed by atoms with Gasteiger partial charge in [-0.25, -0.2) is 4.98 Å². The van der Waals surface area contributed by atoms with Gasteiger partial charge >= 0.3 is 0 Å². The van der Waals surface area contributed by atoms with Gasteiger partial charge in [0.05, 0.1) is 11.2 Å². The van der Waals surface area contributed by atoms with Crippen LogP contribution in [0.1, 0.15) is 11.1 Å². The molecule has 1 amide bonds. The Labute approximate surface area is 170 Å². The number of aromatic nitrogens is 1. The molecular weight excluding hydrogens is 360 g/mol. The summed E-state index contributed by atoms with van der Waals surface area (Å²) >= 11 is 0. The molecule has 4 rings (SSSR count). The van der Waals surface area contributed by atoms with Crippen molar-refractivity contribution in [3.63, 3.8) is 0 Å². The maximum atomic E-state index is 12.3. The van der Waals surface area contributed by atoms with Crippen LogP contribution >= 0.6 is 0 Å². The molecule has 0 saturated heterocycles. The number of aryl methyl sites for hydroxylation is 1. The molecule has 4 nitrogen and oxygen atoms in total. The Bertz CT molecular complexity index is 1120. The zero-order valence-corrected chi connectivity index (χ0v) is 16.3. The fourth-order valence-electron chi connectivity index (χ4n) is 3.12. The van der Waals surface area contributed by atoms with E-state index in [1.807, 2.05) is 91.9 Å². The Balaban J connectivity index is 1.49. The van der Waals surface area contributed by atoms with Crippen molar-refractivity contribution in [1.29, 1.82) is 0 Å². The van der Waals surface area contributed by atoms with Crippen LogP contribution in [-0.2, 0) is 11.3 Å². The summed E-state index contributed by atoms with van der Waals surface area (Å²) < 4.78 is 5.90. The van der Waals surface area contributed by atoms with Gasteiger partial charge in [-0.15, -0.1) is 0 Å².